The first-order valence-electron chi connectivity index (χ1n) is 11.1. The molecule has 3 aromatic rings. The van der Waals surface area contributed by atoms with Crippen molar-refractivity contribution in [2.45, 2.75) is 12.0 Å². The molecule has 7 rings (SSSR count). The molecule has 32 heavy (non-hydrogen) atoms. The van der Waals surface area contributed by atoms with Crippen molar-refractivity contribution in [3.05, 3.63) is 71.3 Å². The third-order valence-electron chi connectivity index (χ3n) is 6.84. The van der Waals surface area contributed by atoms with Crippen LogP contribution in [0, 0.1) is 0 Å². The Kier molecular flexibility index (Phi) is 3.80. The lowest BCUT2D eigenvalue weighted by Crippen LogP contribution is -2.36. The second kappa shape index (κ2) is 6.73. The summed E-state index contributed by atoms with van der Waals surface area (Å²) in [6.07, 6.45) is 0. The predicted molar refractivity (Wildman–Crippen MR) is 119 cm³/mol. The van der Waals surface area contributed by atoms with Crippen molar-refractivity contribution in [2.24, 2.45) is 0 Å². The van der Waals surface area contributed by atoms with Gasteiger partial charge in [0.2, 0.25) is 0 Å². The van der Waals surface area contributed by atoms with Crippen molar-refractivity contribution in [3.63, 3.8) is 0 Å². The number of hydrogen-bond acceptors (Lipinski definition) is 6. The van der Waals surface area contributed by atoms with Crippen LogP contribution in [-0.2, 0) is 12.0 Å². The Hall–Kier alpha value is -3.54. The molecule has 4 aliphatic heterocycles. The van der Waals surface area contributed by atoms with Crippen LogP contribution in [0.5, 0.6) is 28.7 Å². The summed E-state index contributed by atoms with van der Waals surface area (Å²) in [5.74, 6) is 4.12. The first kappa shape index (κ1) is 18.1. The van der Waals surface area contributed by atoms with Crippen LogP contribution in [-0.4, -0.2) is 39.6 Å². The molecule has 0 saturated heterocycles. The lowest BCUT2D eigenvalue weighted by atomic mass is 9.77. The number of fused-ring (bicyclic) bond motifs is 6. The number of rotatable bonds is 2. The van der Waals surface area contributed by atoms with Gasteiger partial charge in [-0.15, -0.1) is 0 Å². The number of anilines is 1. The number of para-hydroxylation sites is 1. The second-order valence-corrected chi connectivity index (χ2v) is 8.71. The van der Waals surface area contributed by atoms with Crippen molar-refractivity contribution < 1.29 is 23.7 Å². The van der Waals surface area contributed by atoms with Crippen LogP contribution in [0.1, 0.15) is 16.7 Å². The summed E-state index contributed by atoms with van der Waals surface area (Å²) in [7, 11) is 0. The van der Waals surface area contributed by atoms with Gasteiger partial charge in [-0.2, -0.15) is 0 Å². The van der Waals surface area contributed by atoms with E-state index in [0.717, 1.165) is 41.8 Å². The Morgan fingerprint density at radius 1 is 0.656 bits per heavy atom. The average Bonchev–Trinajstić information content (AvgIpc) is 3.36. The molecular formula is C26H23NO5. The smallest absolute Gasteiger partial charge is 0.165 e. The molecule has 1 atom stereocenters. The lowest BCUT2D eigenvalue weighted by molar-refractivity contribution is 0.171. The van der Waals surface area contributed by atoms with Gasteiger partial charge in [0.1, 0.15) is 38.8 Å². The van der Waals surface area contributed by atoms with Gasteiger partial charge in [0, 0.05) is 30.4 Å². The number of ether oxygens (including phenoxy) is 5. The highest BCUT2D eigenvalue weighted by Crippen LogP contribution is 2.54. The van der Waals surface area contributed by atoms with Gasteiger partial charge in [0.15, 0.2) is 23.0 Å². The normalized spacial score (nSPS) is 21.8. The molecule has 0 amide bonds. The second-order valence-electron chi connectivity index (χ2n) is 8.71. The van der Waals surface area contributed by atoms with Crippen molar-refractivity contribution in [3.8, 4) is 28.7 Å². The molecule has 0 radical (unpaired) electrons. The summed E-state index contributed by atoms with van der Waals surface area (Å²) < 4.78 is 29.4. The van der Waals surface area contributed by atoms with Crippen LogP contribution in [0.2, 0.25) is 0 Å². The lowest BCUT2D eigenvalue weighted by Gasteiger charge is -2.27. The quantitative estimate of drug-likeness (QED) is 0.615. The number of hydrogen-bond donors (Lipinski definition) is 0. The summed E-state index contributed by atoms with van der Waals surface area (Å²) in [5, 5.41) is 0. The van der Waals surface area contributed by atoms with Gasteiger partial charge in [-0.3, -0.25) is 0 Å². The van der Waals surface area contributed by atoms with E-state index >= 15 is 0 Å². The van der Waals surface area contributed by atoms with Crippen LogP contribution in [0.4, 0.5) is 5.69 Å². The summed E-state index contributed by atoms with van der Waals surface area (Å²) in [5.41, 5.74) is 4.69. The van der Waals surface area contributed by atoms with Gasteiger partial charge in [-0.25, -0.2) is 0 Å². The van der Waals surface area contributed by atoms with Crippen LogP contribution < -0.4 is 28.6 Å². The molecule has 4 heterocycles. The van der Waals surface area contributed by atoms with Gasteiger partial charge in [0.05, 0.1) is 5.41 Å². The zero-order valence-corrected chi connectivity index (χ0v) is 17.6. The van der Waals surface area contributed by atoms with Crippen LogP contribution >= 0.6 is 0 Å². The van der Waals surface area contributed by atoms with Gasteiger partial charge >= 0.3 is 0 Å². The van der Waals surface area contributed by atoms with E-state index in [-0.39, 0.29) is 5.41 Å². The van der Waals surface area contributed by atoms with E-state index in [1.54, 1.807) is 0 Å². The molecule has 6 heteroatoms. The van der Waals surface area contributed by atoms with Gasteiger partial charge in [0.25, 0.3) is 0 Å². The summed E-state index contributed by atoms with van der Waals surface area (Å²) >= 11 is 0. The monoisotopic (exact) mass is 429 g/mol. The van der Waals surface area contributed by atoms with Crippen molar-refractivity contribution >= 4 is 5.69 Å². The third-order valence-corrected chi connectivity index (χ3v) is 6.84. The maximum Gasteiger partial charge on any atom is 0.165 e. The molecule has 6 nitrogen and oxygen atoms in total. The molecule has 0 aliphatic carbocycles. The Labute approximate surface area is 186 Å². The third kappa shape index (κ3) is 2.58. The fraction of sp³-hybridized carbons (Fsp3) is 0.308. The minimum atomic E-state index is -0.227. The highest BCUT2D eigenvalue weighted by atomic mass is 16.6. The molecule has 4 aliphatic rings. The van der Waals surface area contributed by atoms with Gasteiger partial charge in [-0.1, -0.05) is 24.3 Å². The fourth-order valence-electron chi connectivity index (χ4n) is 5.39. The summed E-state index contributed by atoms with van der Waals surface area (Å²) in [4.78, 5) is 2.44. The molecule has 3 aromatic carbocycles. The van der Waals surface area contributed by atoms with Crippen molar-refractivity contribution in [1.29, 1.82) is 0 Å². The molecule has 0 fully saturated rings. The Morgan fingerprint density at radius 2 is 1.38 bits per heavy atom. The molecule has 162 valence electrons. The summed E-state index contributed by atoms with van der Waals surface area (Å²) in [6, 6.07) is 19.0. The van der Waals surface area contributed by atoms with Gasteiger partial charge in [-0.05, 0) is 35.4 Å². The number of nitrogens with zero attached hydrogens (tertiary/aromatic N) is 1. The Balaban J connectivity index is 1.27. The Morgan fingerprint density at radius 3 is 2.22 bits per heavy atom. The van der Waals surface area contributed by atoms with Gasteiger partial charge < -0.3 is 28.6 Å². The predicted octanol–water partition coefficient (Wildman–Crippen LogP) is 3.93. The van der Waals surface area contributed by atoms with Crippen molar-refractivity contribution in [1.82, 2.24) is 0 Å². The zero-order valence-electron chi connectivity index (χ0n) is 17.6. The Bertz CT molecular complexity index is 1220. The van der Waals surface area contributed by atoms with Crippen molar-refractivity contribution in [2.75, 3.05) is 44.5 Å². The van der Waals surface area contributed by atoms with Crippen LogP contribution in [0.25, 0.3) is 0 Å². The molecule has 1 spiro atoms. The molecular weight excluding hydrogens is 406 g/mol. The van der Waals surface area contributed by atoms with Crippen LogP contribution in [0.3, 0.4) is 0 Å². The van der Waals surface area contributed by atoms with E-state index in [1.807, 2.05) is 12.1 Å². The van der Waals surface area contributed by atoms with E-state index < -0.39 is 0 Å². The molecule has 0 N–H and O–H groups in total. The molecule has 0 saturated carbocycles. The van der Waals surface area contributed by atoms with E-state index in [0.29, 0.717) is 33.0 Å². The van der Waals surface area contributed by atoms with E-state index in [4.69, 9.17) is 23.7 Å². The molecule has 0 aromatic heterocycles. The minimum Gasteiger partial charge on any atom is -0.492 e. The number of benzene rings is 3. The highest BCUT2D eigenvalue weighted by molar-refractivity contribution is 5.71. The maximum atomic E-state index is 6.23. The average molecular weight is 429 g/mol. The SMILES string of the molecule is c1ccc2c(c1)N(Cc1ccc3c(c1)OCCO3)CC21COc2cc3c(cc21)OCCO3. The largest absolute Gasteiger partial charge is 0.492 e. The van der Waals surface area contributed by atoms with Crippen LogP contribution in [0.15, 0.2) is 54.6 Å². The highest BCUT2D eigenvalue weighted by Gasteiger charge is 2.50. The zero-order chi connectivity index (χ0) is 21.1. The first-order valence-corrected chi connectivity index (χ1v) is 11.1. The molecule has 1 unspecified atom stereocenters. The van der Waals surface area contributed by atoms with E-state index in [2.05, 4.69) is 47.4 Å². The maximum absolute atomic E-state index is 6.23. The molecule has 0 bridgehead atoms. The van der Waals surface area contributed by atoms with E-state index in [9.17, 15) is 0 Å². The first-order chi connectivity index (χ1) is 15.8. The summed E-state index contributed by atoms with van der Waals surface area (Å²) in [6.45, 7) is 4.58. The fourth-order valence-corrected chi connectivity index (χ4v) is 5.39. The standard InChI is InChI=1S/C26H23NO5/c1-2-4-20-18(3-1)26(16-32-22-13-25-24(12-19(22)26)30-9-10-31-25)15-27(20)14-17-5-6-21-23(11-17)29-8-7-28-21/h1-6,11-13H,7-10,14-16H2. The topological polar surface area (TPSA) is 49.4 Å². The van der Waals surface area contributed by atoms with E-state index in [1.165, 1.54) is 22.4 Å². The minimum absolute atomic E-state index is 0.227.